The van der Waals surface area contributed by atoms with Crippen molar-refractivity contribution in [1.82, 2.24) is 16.1 Å². The number of carbonyl (C=O) groups is 3. The van der Waals surface area contributed by atoms with Crippen LogP contribution < -0.4 is 35.0 Å². The van der Waals surface area contributed by atoms with Crippen LogP contribution in [0.2, 0.25) is 0 Å². The van der Waals surface area contributed by atoms with Gasteiger partial charge in [0.05, 0.1) is 38.7 Å². The zero-order chi connectivity index (χ0) is 29.1. The zero-order valence-electron chi connectivity index (χ0n) is 22.5. The summed E-state index contributed by atoms with van der Waals surface area (Å²) in [6, 6.07) is 8.76. The third kappa shape index (κ3) is 7.22. The fourth-order valence-electron chi connectivity index (χ4n) is 3.82. The predicted molar refractivity (Wildman–Crippen MR) is 145 cm³/mol. The molecule has 12 nitrogen and oxygen atoms in total. The van der Waals surface area contributed by atoms with E-state index < -0.39 is 23.9 Å². The number of hydrogen-bond acceptors (Lipinski definition) is 9. The molecule has 0 fully saturated rings. The highest BCUT2D eigenvalue weighted by Gasteiger charge is 2.32. The zero-order valence-corrected chi connectivity index (χ0v) is 22.5. The van der Waals surface area contributed by atoms with Gasteiger partial charge in [-0.05, 0) is 43.7 Å². The number of terminal acetylenes is 1. The van der Waals surface area contributed by atoms with Gasteiger partial charge in [0, 0.05) is 11.3 Å². The van der Waals surface area contributed by atoms with E-state index in [2.05, 4.69) is 27.1 Å². The molecule has 0 saturated heterocycles. The van der Waals surface area contributed by atoms with Crippen LogP contribution in [0.5, 0.6) is 23.0 Å². The quantitative estimate of drug-likeness (QED) is 0.158. The molecule has 12 heteroatoms. The van der Waals surface area contributed by atoms with Gasteiger partial charge in [-0.3, -0.25) is 4.79 Å². The van der Waals surface area contributed by atoms with Crippen LogP contribution in [0, 0.1) is 12.3 Å². The molecule has 2 aromatic carbocycles. The average molecular weight is 551 g/mol. The lowest BCUT2D eigenvalue weighted by Crippen LogP contribution is -2.45. The van der Waals surface area contributed by atoms with Crippen molar-refractivity contribution in [1.29, 1.82) is 0 Å². The van der Waals surface area contributed by atoms with Crippen LogP contribution in [-0.2, 0) is 14.3 Å². The summed E-state index contributed by atoms with van der Waals surface area (Å²) in [5.41, 5.74) is 4.12. The molecule has 0 unspecified atom stereocenters. The molecule has 3 amide bonds. The fourth-order valence-corrected chi connectivity index (χ4v) is 3.82. The van der Waals surface area contributed by atoms with E-state index in [4.69, 9.17) is 30.1 Å². The summed E-state index contributed by atoms with van der Waals surface area (Å²) in [5.74, 6) is 2.70. The molecule has 0 radical (unpaired) electrons. The first-order valence-corrected chi connectivity index (χ1v) is 12.1. The number of para-hydroxylation sites is 1. The van der Waals surface area contributed by atoms with Gasteiger partial charge < -0.3 is 34.3 Å². The highest BCUT2D eigenvalue weighted by Crippen LogP contribution is 2.34. The highest BCUT2D eigenvalue weighted by molar-refractivity contribution is 5.95. The number of esters is 1. The minimum absolute atomic E-state index is 0.0338. The first-order chi connectivity index (χ1) is 19.3. The number of nitrogens with zero attached hydrogens (tertiary/aromatic N) is 1. The monoisotopic (exact) mass is 550 g/mol. The minimum Gasteiger partial charge on any atom is -0.493 e. The van der Waals surface area contributed by atoms with Crippen LogP contribution in [0.3, 0.4) is 0 Å². The molecule has 1 aliphatic rings. The summed E-state index contributed by atoms with van der Waals surface area (Å²) in [4.78, 5) is 37.0. The number of hydrogen-bond donors (Lipinski definition) is 3. The Balaban J connectivity index is 1.69. The van der Waals surface area contributed by atoms with E-state index in [0.29, 0.717) is 28.3 Å². The molecule has 1 heterocycles. The van der Waals surface area contributed by atoms with Crippen LogP contribution in [0.15, 0.2) is 52.8 Å². The SMILES string of the molecule is C#CCOc1c(/C=N/NC(=O)COc2ccc([C@@H]3NC(=O)NC(C)=C3C(=O)OCC)cc2OC)cccc1OC. The van der Waals surface area contributed by atoms with Gasteiger partial charge in [-0.1, -0.05) is 18.1 Å². The lowest BCUT2D eigenvalue weighted by Gasteiger charge is -2.28. The molecular weight excluding hydrogens is 520 g/mol. The lowest BCUT2D eigenvalue weighted by atomic mass is 9.95. The number of carbonyl (C=O) groups excluding carboxylic acids is 3. The Bertz CT molecular complexity index is 1360. The minimum atomic E-state index is -0.778. The summed E-state index contributed by atoms with van der Waals surface area (Å²) < 4.78 is 27.0. The van der Waals surface area contributed by atoms with Crippen LogP contribution in [-0.4, -0.2) is 58.2 Å². The lowest BCUT2D eigenvalue weighted by molar-refractivity contribution is -0.139. The molecule has 0 aromatic heterocycles. The van der Waals surface area contributed by atoms with Gasteiger partial charge in [0.25, 0.3) is 5.91 Å². The third-order valence-corrected chi connectivity index (χ3v) is 5.57. The molecule has 3 N–H and O–H groups in total. The van der Waals surface area contributed by atoms with Crippen molar-refractivity contribution in [2.75, 3.05) is 34.0 Å². The summed E-state index contributed by atoms with van der Waals surface area (Å²) in [5, 5.41) is 9.25. The van der Waals surface area contributed by atoms with E-state index in [1.54, 1.807) is 50.2 Å². The van der Waals surface area contributed by atoms with Gasteiger partial charge in [0.2, 0.25) is 0 Å². The summed E-state index contributed by atoms with van der Waals surface area (Å²) >= 11 is 0. The van der Waals surface area contributed by atoms with Gasteiger partial charge in [-0.15, -0.1) is 6.42 Å². The van der Waals surface area contributed by atoms with Crippen molar-refractivity contribution in [3.8, 4) is 35.3 Å². The van der Waals surface area contributed by atoms with E-state index in [1.165, 1.54) is 20.4 Å². The van der Waals surface area contributed by atoms with E-state index in [1.807, 2.05) is 0 Å². The molecule has 0 saturated carbocycles. The number of ether oxygens (including phenoxy) is 5. The molecule has 0 spiro atoms. The number of benzene rings is 2. The predicted octanol–water partition coefficient (Wildman–Crippen LogP) is 2.44. The summed E-state index contributed by atoms with van der Waals surface area (Å²) in [6.45, 7) is 3.15. The fraction of sp³-hybridized carbons (Fsp3) is 0.286. The maximum atomic E-state index is 12.6. The molecule has 0 aliphatic carbocycles. The Morgan fingerprint density at radius 2 is 1.90 bits per heavy atom. The van der Waals surface area contributed by atoms with Crippen molar-refractivity contribution in [3.05, 3.63) is 58.8 Å². The van der Waals surface area contributed by atoms with Gasteiger partial charge in [0.15, 0.2) is 29.6 Å². The molecule has 3 rings (SSSR count). The Morgan fingerprint density at radius 1 is 1.12 bits per heavy atom. The second-order valence-corrected chi connectivity index (χ2v) is 8.15. The average Bonchev–Trinajstić information content (AvgIpc) is 2.94. The Morgan fingerprint density at radius 3 is 2.60 bits per heavy atom. The van der Waals surface area contributed by atoms with Gasteiger partial charge in [-0.25, -0.2) is 15.0 Å². The maximum Gasteiger partial charge on any atom is 0.338 e. The van der Waals surface area contributed by atoms with Gasteiger partial charge in [0.1, 0.15) is 6.61 Å². The topological polar surface area (TPSA) is 146 Å². The number of hydrazone groups is 1. The summed E-state index contributed by atoms with van der Waals surface area (Å²) in [7, 11) is 2.93. The highest BCUT2D eigenvalue weighted by atomic mass is 16.5. The number of allylic oxidation sites excluding steroid dienone is 1. The van der Waals surface area contributed by atoms with Crippen LogP contribution >= 0.6 is 0 Å². The van der Waals surface area contributed by atoms with Crippen LogP contribution in [0.1, 0.15) is 31.0 Å². The normalized spacial score (nSPS) is 14.5. The van der Waals surface area contributed by atoms with Gasteiger partial charge >= 0.3 is 12.0 Å². The number of urea groups is 1. The molecular formula is C28H30N4O8. The Labute approximate surface area is 231 Å². The molecule has 1 aliphatic heterocycles. The van der Waals surface area contributed by atoms with E-state index >= 15 is 0 Å². The van der Waals surface area contributed by atoms with E-state index in [9.17, 15) is 14.4 Å². The first-order valence-electron chi connectivity index (χ1n) is 12.1. The Kier molecular flexibility index (Phi) is 10.4. The van der Waals surface area contributed by atoms with E-state index in [0.717, 1.165) is 0 Å². The van der Waals surface area contributed by atoms with Crippen molar-refractivity contribution in [2.24, 2.45) is 5.10 Å². The van der Waals surface area contributed by atoms with Gasteiger partial charge in [-0.2, -0.15) is 5.10 Å². The second kappa shape index (κ2) is 14.1. The third-order valence-electron chi connectivity index (χ3n) is 5.57. The number of nitrogens with one attached hydrogen (secondary N) is 3. The number of methoxy groups -OCH3 is 2. The number of rotatable bonds is 12. The van der Waals surface area contributed by atoms with Crippen molar-refractivity contribution >= 4 is 24.1 Å². The molecule has 1 atom stereocenters. The smallest absolute Gasteiger partial charge is 0.338 e. The van der Waals surface area contributed by atoms with Crippen molar-refractivity contribution in [3.63, 3.8) is 0 Å². The molecule has 210 valence electrons. The van der Waals surface area contributed by atoms with Crippen LogP contribution in [0.25, 0.3) is 0 Å². The molecule has 40 heavy (non-hydrogen) atoms. The standard InChI is InChI=1S/C28H30N4O8/c1-6-13-39-26-19(9-8-10-21(26)36-4)15-29-32-23(33)16-40-20-12-11-18(14-22(20)37-5)25-24(27(34)38-7-2)17(3)30-28(35)31-25/h1,8-12,14-15,25H,7,13,16H2,2-5H3,(H,32,33)(H2,30,31,35)/b29-15+/t25-/m0/s1. The van der Waals surface area contributed by atoms with Crippen molar-refractivity contribution < 1.29 is 38.1 Å². The van der Waals surface area contributed by atoms with E-state index in [-0.39, 0.29) is 36.9 Å². The molecule has 0 bridgehead atoms. The number of amides is 3. The summed E-state index contributed by atoms with van der Waals surface area (Å²) in [6.07, 6.45) is 6.67. The molecule has 2 aromatic rings. The second-order valence-electron chi connectivity index (χ2n) is 8.15. The maximum absolute atomic E-state index is 12.6. The van der Waals surface area contributed by atoms with Crippen LogP contribution in [0.4, 0.5) is 4.79 Å². The Hall–Kier alpha value is -5.18. The first kappa shape index (κ1) is 29.4. The van der Waals surface area contributed by atoms with Crippen molar-refractivity contribution in [2.45, 2.75) is 19.9 Å². The largest absolute Gasteiger partial charge is 0.493 e.